The molecule has 150 valence electrons. The summed E-state index contributed by atoms with van der Waals surface area (Å²) in [5.74, 6) is -0.367. The van der Waals surface area contributed by atoms with Gasteiger partial charge in [-0.1, -0.05) is 32.4 Å². The number of aryl methyl sites for hydroxylation is 1. The zero-order valence-corrected chi connectivity index (χ0v) is 17.4. The predicted molar refractivity (Wildman–Crippen MR) is 110 cm³/mol. The Morgan fingerprint density at radius 1 is 1.18 bits per heavy atom. The third-order valence-corrected chi connectivity index (χ3v) is 5.06. The van der Waals surface area contributed by atoms with Crippen LogP contribution in [0.15, 0.2) is 24.3 Å². The summed E-state index contributed by atoms with van der Waals surface area (Å²) in [6.45, 7) is 9.01. The molecule has 7 nitrogen and oxygen atoms in total. The number of hydrogen-bond acceptors (Lipinski definition) is 4. The molecule has 2 aromatic rings. The van der Waals surface area contributed by atoms with E-state index in [9.17, 15) is 9.59 Å². The number of carbonyl (C=O) groups is 2. The van der Waals surface area contributed by atoms with Gasteiger partial charge in [0.05, 0.1) is 16.3 Å². The molecule has 3 rings (SSSR count). The molecule has 8 heteroatoms. The average Bonchev–Trinajstić information content (AvgIpc) is 3.04. The monoisotopic (exact) mass is 403 g/mol. The number of halogens is 1. The van der Waals surface area contributed by atoms with Crippen molar-refractivity contribution in [3.05, 3.63) is 46.2 Å². The van der Waals surface area contributed by atoms with Gasteiger partial charge in [0.2, 0.25) is 0 Å². The van der Waals surface area contributed by atoms with Gasteiger partial charge in [0.25, 0.3) is 11.8 Å². The maximum Gasteiger partial charge on any atom is 0.273 e. The van der Waals surface area contributed by atoms with E-state index in [-0.39, 0.29) is 17.2 Å². The molecule has 2 heterocycles. The first-order chi connectivity index (χ1) is 13.2. The molecule has 28 heavy (non-hydrogen) atoms. The molecule has 1 aromatic carbocycles. The zero-order valence-electron chi connectivity index (χ0n) is 16.7. The first kappa shape index (κ1) is 20.4. The first-order valence-electron chi connectivity index (χ1n) is 9.32. The van der Waals surface area contributed by atoms with Gasteiger partial charge in [-0.05, 0) is 24.3 Å². The highest BCUT2D eigenvalue weighted by molar-refractivity contribution is 6.34. The van der Waals surface area contributed by atoms with E-state index >= 15 is 0 Å². The minimum Gasteiger partial charge on any atom is -0.336 e. The van der Waals surface area contributed by atoms with Crippen LogP contribution in [0.3, 0.4) is 0 Å². The van der Waals surface area contributed by atoms with Gasteiger partial charge in [0, 0.05) is 44.3 Å². The van der Waals surface area contributed by atoms with Crippen LogP contribution in [0, 0.1) is 0 Å². The van der Waals surface area contributed by atoms with E-state index in [1.54, 1.807) is 40.9 Å². The molecule has 0 unspecified atom stereocenters. The van der Waals surface area contributed by atoms with Crippen LogP contribution in [0.1, 0.15) is 47.3 Å². The van der Waals surface area contributed by atoms with Crippen LogP contribution in [-0.2, 0) is 12.5 Å². The van der Waals surface area contributed by atoms with Gasteiger partial charge >= 0.3 is 0 Å². The van der Waals surface area contributed by atoms with Gasteiger partial charge in [0.1, 0.15) is 5.69 Å². The van der Waals surface area contributed by atoms with Crippen LogP contribution >= 0.6 is 11.6 Å². The molecule has 0 radical (unpaired) electrons. The van der Waals surface area contributed by atoms with Gasteiger partial charge in [-0.15, -0.1) is 0 Å². The lowest BCUT2D eigenvalue weighted by atomic mass is 9.92. The summed E-state index contributed by atoms with van der Waals surface area (Å²) in [6, 6.07) is 6.75. The Hall–Kier alpha value is -2.38. The number of hydrogen-bond donors (Lipinski definition) is 2. The summed E-state index contributed by atoms with van der Waals surface area (Å²) in [7, 11) is 1.74. The number of rotatable bonds is 3. The van der Waals surface area contributed by atoms with E-state index in [1.807, 2.05) is 20.8 Å². The number of amides is 2. The standard InChI is InChI=1S/C20H26ClN5O2/c1-20(2,3)17-12-16(25(4)24-17)18(27)23-13-5-6-14(15(21)11-13)19(28)26-9-7-22-8-10-26/h5-6,11-12,22H,7-10H2,1-4H3,(H,23,27). The zero-order chi connectivity index (χ0) is 20.5. The highest BCUT2D eigenvalue weighted by atomic mass is 35.5. The normalized spacial score (nSPS) is 14.8. The molecular weight excluding hydrogens is 378 g/mol. The SMILES string of the molecule is Cn1nc(C(C)(C)C)cc1C(=O)Nc1ccc(C(=O)N2CCNCC2)c(Cl)c1. The summed E-state index contributed by atoms with van der Waals surface area (Å²) in [4.78, 5) is 27.1. The number of aromatic nitrogens is 2. The lowest BCUT2D eigenvalue weighted by Crippen LogP contribution is -2.46. The lowest BCUT2D eigenvalue weighted by Gasteiger charge is -2.27. The fraction of sp³-hybridized carbons (Fsp3) is 0.450. The summed E-state index contributed by atoms with van der Waals surface area (Å²) in [5, 5.41) is 10.8. The molecular formula is C20H26ClN5O2. The smallest absolute Gasteiger partial charge is 0.273 e. The molecule has 1 aromatic heterocycles. The number of benzene rings is 1. The van der Waals surface area contributed by atoms with Crippen molar-refractivity contribution >= 4 is 29.1 Å². The Morgan fingerprint density at radius 2 is 1.86 bits per heavy atom. The molecule has 1 aliphatic heterocycles. The molecule has 0 atom stereocenters. The maximum atomic E-state index is 12.7. The molecule has 0 bridgehead atoms. The first-order valence-corrected chi connectivity index (χ1v) is 9.70. The van der Waals surface area contributed by atoms with Crippen molar-refractivity contribution in [2.45, 2.75) is 26.2 Å². The second kappa shape index (κ2) is 7.93. The Bertz CT molecular complexity index is 894. The van der Waals surface area contributed by atoms with Crippen LogP contribution in [-0.4, -0.2) is 52.7 Å². The van der Waals surface area contributed by atoms with E-state index in [0.717, 1.165) is 18.8 Å². The fourth-order valence-corrected chi connectivity index (χ4v) is 3.31. The molecule has 2 amide bonds. The van der Waals surface area contributed by atoms with Crippen LogP contribution in [0.4, 0.5) is 5.69 Å². The van der Waals surface area contributed by atoms with Crippen molar-refractivity contribution in [2.75, 3.05) is 31.5 Å². The van der Waals surface area contributed by atoms with Gasteiger partial charge in [-0.25, -0.2) is 0 Å². The van der Waals surface area contributed by atoms with Crippen LogP contribution in [0.2, 0.25) is 5.02 Å². The Labute approximate surface area is 170 Å². The van der Waals surface area contributed by atoms with Gasteiger partial charge in [-0.3, -0.25) is 14.3 Å². The molecule has 1 aliphatic rings. The number of nitrogens with zero attached hydrogens (tertiary/aromatic N) is 3. The Morgan fingerprint density at radius 3 is 2.43 bits per heavy atom. The largest absolute Gasteiger partial charge is 0.336 e. The second-order valence-electron chi connectivity index (χ2n) is 7.98. The molecule has 0 saturated carbocycles. The second-order valence-corrected chi connectivity index (χ2v) is 8.39. The van der Waals surface area contributed by atoms with Gasteiger partial charge < -0.3 is 15.5 Å². The van der Waals surface area contributed by atoms with Crippen LogP contribution in [0.5, 0.6) is 0 Å². The van der Waals surface area contributed by atoms with Gasteiger partial charge in [-0.2, -0.15) is 5.10 Å². The quantitative estimate of drug-likeness (QED) is 0.825. The van der Waals surface area contributed by atoms with Crippen LogP contribution in [0.25, 0.3) is 0 Å². The summed E-state index contributed by atoms with van der Waals surface area (Å²) >= 11 is 6.34. The van der Waals surface area contributed by atoms with Crippen molar-refractivity contribution in [2.24, 2.45) is 7.05 Å². The van der Waals surface area contributed by atoms with Crippen LogP contribution < -0.4 is 10.6 Å². The molecule has 1 fully saturated rings. The predicted octanol–water partition coefficient (Wildman–Crippen LogP) is 2.67. The number of piperazine rings is 1. The topological polar surface area (TPSA) is 79.3 Å². The van der Waals surface area contributed by atoms with E-state index in [4.69, 9.17) is 11.6 Å². The van der Waals surface area contributed by atoms with Gasteiger partial charge in [0.15, 0.2) is 0 Å². The maximum absolute atomic E-state index is 12.7. The third-order valence-electron chi connectivity index (χ3n) is 4.74. The molecule has 2 N–H and O–H groups in total. The van der Waals surface area contributed by atoms with Crippen molar-refractivity contribution in [3.63, 3.8) is 0 Å². The minimum atomic E-state index is -0.275. The van der Waals surface area contributed by atoms with E-state index < -0.39 is 0 Å². The number of nitrogens with one attached hydrogen (secondary N) is 2. The molecule has 0 spiro atoms. The molecule has 0 aliphatic carbocycles. The summed E-state index contributed by atoms with van der Waals surface area (Å²) < 4.78 is 1.57. The van der Waals surface area contributed by atoms with Crippen molar-refractivity contribution in [3.8, 4) is 0 Å². The third kappa shape index (κ3) is 4.36. The van der Waals surface area contributed by atoms with Crippen molar-refractivity contribution in [1.29, 1.82) is 0 Å². The summed E-state index contributed by atoms with van der Waals surface area (Å²) in [5.41, 5.74) is 2.13. The van der Waals surface area contributed by atoms with Crippen molar-refractivity contribution < 1.29 is 9.59 Å². The highest BCUT2D eigenvalue weighted by Gasteiger charge is 2.23. The minimum absolute atomic E-state index is 0.0918. The van der Waals surface area contributed by atoms with E-state index in [0.29, 0.717) is 35.1 Å². The average molecular weight is 404 g/mol. The number of carbonyl (C=O) groups excluding carboxylic acids is 2. The summed E-state index contributed by atoms with van der Waals surface area (Å²) in [6.07, 6.45) is 0. The Balaban J connectivity index is 1.75. The molecule has 1 saturated heterocycles. The van der Waals surface area contributed by atoms with Crippen molar-refractivity contribution in [1.82, 2.24) is 20.0 Å². The fourth-order valence-electron chi connectivity index (χ4n) is 3.05. The lowest BCUT2D eigenvalue weighted by molar-refractivity contribution is 0.0736. The highest BCUT2D eigenvalue weighted by Crippen LogP contribution is 2.24. The van der Waals surface area contributed by atoms with E-state index in [2.05, 4.69) is 15.7 Å². The number of anilines is 1. The Kier molecular flexibility index (Phi) is 5.76. The van der Waals surface area contributed by atoms with E-state index in [1.165, 1.54) is 0 Å².